The summed E-state index contributed by atoms with van der Waals surface area (Å²) in [5.74, 6) is 0.835. The fraction of sp³-hybridized carbons (Fsp3) is 0.533. The Kier molecular flexibility index (Phi) is 4.38. The molecule has 1 atom stereocenters. The number of ether oxygens (including phenoxy) is 1. The molecule has 3 rings (SSSR count). The van der Waals surface area contributed by atoms with E-state index in [2.05, 4.69) is 9.88 Å². The summed E-state index contributed by atoms with van der Waals surface area (Å²) in [6.45, 7) is 4.47. The lowest BCUT2D eigenvalue weighted by Gasteiger charge is -2.30. The molecule has 0 aromatic carbocycles. The Hall–Kier alpha value is -1.63. The fourth-order valence-electron chi connectivity index (χ4n) is 2.73. The lowest BCUT2D eigenvalue weighted by molar-refractivity contribution is 0.0162. The zero-order valence-corrected chi connectivity index (χ0v) is 12.2. The summed E-state index contributed by atoms with van der Waals surface area (Å²) in [6, 6.07) is 3.75. The van der Waals surface area contributed by atoms with Gasteiger partial charge < -0.3 is 19.2 Å². The molecular weight excluding hydrogens is 270 g/mol. The van der Waals surface area contributed by atoms with E-state index in [0.29, 0.717) is 13.1 Å². The maximum atomic E-state index is 10.3. The van der Waals surface area contributed by atoms with Gasteiger partial charge in [0.2, 0.25) is 0 Å². The summed E-state index contributed by atoms with van der Waals surface area (Å²) in [5.41, 5.74) is 0.814. The second-order valence-electron chi connectivity index (χ2n) is 5.41. The predicted octanol–water partition coefficient (Wildman–Crippen LogP) is 0.957. The molecule has 0 radical (unpaired) electrons. The number of furan rings is 1. The number of aromatic nitrogens is 1. The van der Waals surface area contributed by atoms with E-state index in [1.54, 1.807) is 12.5 Å². The number of likely N-dealkylation sites (N-methyl/N-ethyl adjacent to an activating group) is 1. The zero-order chi connectivity index (χ0) is 14.7. The highest BCUT2D eigenvalue weighted by Gasteiger charge is 2.18. The Morgan fingerprint density at radius 1 is 1.38 bits per heavy atom. The van der Waals surface area contributed by atoms with Gasteiger partial charge in [0.1, 0.15) is 11.4 Å². The highest BCUT2D eigenvalue weighted by Crippen LogP contribution is 2.24. The van der Waals surface area contributed by atoms with Crippen LogP contribution < -0.4 is 4.90 Å². The van der Waals surface area contributed by atoms with Crippen molar-refractivity contribution in [2.75, 3.05) is 51.3 Å². The van der Waals surface area contributed by atoms with Crippen molar-refractivity contribution in [2.45, 2.75) is 6.10 Å². The minimum absolute atomic E-state index is 0.419. The zero-order valence-electron chi connectivity index (χ0n) is 12.2. The van der Waals surface area contributed by atoms with Crippen molar-refractivity contribution in [1.82, 2.24) is 9.88 Å². The number of anilines is 1. The van der Waals surface area contributed by atoms with Gasteiger partial charge in [-0.25, -0.2) is 4.98 Å². The van der Waals surface area contributed by atoms with Crippen LogP contribution in [-0.2, 0) is 4.74 Å². The minimum atomic E-state index is -0.419. The number of β-amino-alcohol motifs (C(OH)–C–C–N with tert-alkyl or cyclic N) is 1. The van der Waals surface area contributed by atoms with Crippen LogP contribution in [0.2, 0.25) is 0 Å². The van der Waals surface area contributed by atoms with Gasteiger partial charge in [0.15, 0.2) is 0 Å². The summed E-state index contributed by atoms with van der Waals surface area (Å²) in [7, 11) is 1.94. The van der Waals surface area contributed by atoms with E-state index in [0.717, 1.165) is 43.1 Å². The summed E-state index contributed by atoms with van der Waals surface area (Å²) in [5, 5.41) is 11.3. The van der Waals surface area contributed by atoms with Crippen LogP contribution in [0, 0.1) is 0 Å². The molecule has 0 amide bonds. The summed E-state index contributed by atoms with van der Waals surface area (Å²) >= 11 is 0. The van der Waals surface area contributed by atoms with Crippen molar-refractivity contribution >= 4 is 16.8 Å². The van der Waals surface area contributed by atoms with E-state index in [4.69, 9.17) is 9.15 Å². The molecule has 3 heterocycles. The first-order chi connectivity index (χ1) is 10.2. The maximum absolute atomic E-state index is 10.3. The van der Waals surface area contributed by atoms with Gasteiger partial charge in [-0.2, -0.15) is 0 Å². The molecule has 1 N–H and O–H groups in total. The van der Waals surface area contributed by atoms with Crippen LogP contribution in [0.15, 0.2) is 29.0 Å². The number of hydrogen-bond donors (Lipinski definition) is 1. The molecule has 1 fully saturated rings. The van der Waals surface area contributed by atoms with Gasteiger partial charge in [-0.3, -0.25) is 4.90 Å². The molecule has 21 heavy (non-hydrogen) atoms. The number of hydrogen-bond acceptors (Lipinski definition) is 6. The summed E-state index contributed by atoms with van der Waals surface area (Å²) in [4.78, 5) is 8.61. The standard InChI is InChI=1S/C15H21N3O3/c1-17(10-12(19)11-18-5-8-20-9-6-18)15-13-3-7-21-14(13)2-4-16-15/h2-4,7,12,19H,5-6,8-11H2,1H3. The van der Waals surface area contributed by atoms with Crippen molar-refractivity contribution in [1.29, 1.82) is 0 Å². The van der Waals surface area contributed by atoms with Crippen molar-refractivity contribution in [2.24, 2.45) is 0 Å². The Morgan fingerprint density at radius 3 is 3.00 bits per heavy atom. The third kappa shape index (κ3) is 3.34. The van der Waals surface area contributed by atoms with Gasteiger partial charge in [0.05, 0.1) is 31.0 Å². The van der Waals surface area contributed by atoms with E-state index < -0.39 is 6.10 Å². The number of pyridine rings is 1. The van der Waals surface area contributed by atoms with Gasteiger partial charge in [-0.05, 0) is 12.1 Å². The SMILES string of the molecule is CN(CC(O)CN1CCOCC1)c1nccc2occc12. The first-order valence-electron chi connectivity index (χ1n) is 7.25. The van der Waals surface area contributed by atoms with E-state index >= 15 is 0 Å². The maximum Gasteiger partial charge on any atom is 0.139 e. The highest BCUT2D eigenvalue weighted by atomic mass is 16.5. The number of morpholine rings is 1. The quantitative estimate of drug-likeness (QED) is 0.885. The van der Waals surface area contributed by atoms with Gasteiger partial charge in [-0.15, -0.1) is 0 Å². The lowest BCUT2D eigenvalue weighted by atomic mass is 10.2. The van der Waals surface area contributed by atoms with Crippen LogP contribution >= 0.6 is 0 Å². The van der Waals surface area contributed by atoms with Crippen LogP contribution in [-0.4, -0.2) is 67.5 Å². The molecule has 1 aliphatic rings. The molecule has 1 saturated heterocycles. The van der Waals surface area contributed by atoms with Crippen molar-refractivity contribution in [3.05, 3.63) is 24.6 Å². The Bertz CT molecular complexity index is 580. The molecule has 0 aliphatic carbocycles. The normalized spacial score (nSPS) is 18.0. The Labute approximate surface area is 123 Å². The van der Waals surface area contributed by atoms with Crippen molar-refractivity contribution in [3.63, 3.8) is 0 Å². The first kappa shape index (κ1) is 14.3. The summed E-state index contributed by atoms with van der Waals surface area (Å²) in [6.07, 6.45) is 2.97. The molecule has 1 unspecified atom stereocenters. The van der Waals surface area contributed by atoms with Gasteiger partial charge in [0, 0.05) is 39.4 Å². The molecule has 0 spiro atoms. The van der Waals surface area contributed by atoms with Crippen LogP contribution in [0.5, 0.6) is 0 Å². The molecule has 6 heteroatoms. The van der Waals surface area contributed by atoms with Crippen LogP contribution in [0.1, 0.15) is 0 Å². The van der Waals surface area contributed by atoms with Crippen LogP contribution in [0.4, 0.5) is 5.82 Å². The number of rotatable bonds is 5. The molecular formula is C15H21N3O3. The average Bonchev–Trinajstić information content (AvgIpc) is 2.96. The molecule has 114 valence electrons. The fourth-order valence-corrected chi connectivity index (χ4v) is 2.73. The second kappa shape index (κ2) is 6.43. The highest BCUT2D eigenvalue weighted by molar-refractivity contribution is 5.88. The predicted molar refractivity (Wildman–Crippen MR) is 80.5 cm³/mol. The third-order valence-corrected chi connectivity index (χ3v) is 3.78. The lowest BCUT2D eigenvalue weighted by Crippen LogP contribution is -2.44. The monoisotopic (exact) mass is 291 g/mol. The van der Waals surface area contributed by atoms with Crippen LogP contribution in [0.3, 0.4) is 0 Å². The van der Waals surface area contributed by atoms with Crippen molar-refractivity contribution < 1.29 is 14.3 Å². The molecule has 2 aromatic rings. The first-order valence-corrected chi connectivity index (χ1v) is 7.25. The van der Waals surface area contributed by atoms with Crippen LogP contribution in [0.25, 0.3) is 11.0 Å². The topological polar surface area (TPSA) is 62.0 Å². The van der Waals surface area contributed by atoms with E-state index in [-0.39, 0.29) is 0 Å². The van der Waals surface area contributed by atoms with E-state index in [1.165, 1.54) is 0 Å². The van der Waals surface area contributed by atoms with E-state index in [9.17, 15) is 5.11 Å². The summed E-state index contributed by atoms with van der Waals surface area (Å²) < 4.78 is 10.7. The number of aliphatic hydroxyl groups is 1. The molecule has 6 nitrogen and oxygen atoms in total. The van der Waals surface area contributed by atoms with E-state index in [1.807, 2.05) is 24.1 Å². The van der Waals surface area contributed by atoms with Gasteiger partial charge >= 0.3 is 0 Å². The van der Waals surface area contributed by atoms with Gasteiger partial charge in [-0.1, -0.05) is 0 Å². The van der Waals surface area contributed by atoms with Crippen molar-refractivity contribution in [3.8, 4) is 0 Å². The molecule has 2 aromatic heterocycles. The number of nitrogens with zero attached hydrogens (tertiary/aromatic N) is 3. The second-order valence-corrected chi connectivity index (χ2v) is 5.41. The smallest absolute Gasteiger partial charge is 0.139 e. The molecule has 0 saturated carbocycles. The number of aliphatic hydroxyl groups excluding tert-OH is 1. The largest absolute Gasteiger partial charge is 0.464 e. The Morgan fingerprint density at radius 2 is 2.19 bits per heavy atom. The minimum Gasteiger partial charge on any atom is -0.464 e. The third-order valence-electron chi connectivity index (χ3n) is 3.78. The average molecular weight is 291 g/mol. The van der Waals surface area contributed by atoms with Gasteiger partial charge in [0.25, 0.3) is 0 Å². The number of fused-ring (bicyclic) bond motifs is 1. The Balaban J connectivity index is 1.62. The molecule has 1 aliphatic heterocycles. The molecule has 0 bridgehead atoms.